The van der Waals surface area contributed by atoms with Crippen LogP contribution in [0.2, 0.25) is 0 Å². The van der Waals surface area contributed by atoms with Gasteiger partial charge in [-0.3, -0.25) is 0 Å². The van der Waals surface area contributed by atoms with Crippen LogP contribution >= 0.6 is 0 Å². The molecule has 0 bridgehead atoms. The molecular formula is C14H13N3O. The summed E-state index contributed by atoms with van der Waals surface area (Å²) in [5.74, 6) is 0.932. The highest BCUT2D eigenvalue weighted by Crippen LogP contribution is 2.23. The number of rotatable bonds is 3. The minimum absolute atomic E-state index is 0.353. The van der Waals surface area contributed by atoms with Crippen LogP contribution in [-0.2, 0) is 0 Å². The van der Waals surface area contributed by atoms with Crippen LogP contribution in [0.15, 0.2) is 30.3 Å². The van der Waals surface area contributed by atoms with Gasteiger partial charge in [-0.2, -0.15) is 10.2 Å². The van der Waals surface area contributed by atoms with Gasteiger partial charge in [0.1, 0.15) is 11.6 Å². The monoisotopic (exact) mass is 239 g/mol. The Hall–Kier alpha value is -2.41. The quantitative estimate of drug-likeness (QED) is 0.826. The zero-order valence-electron chi connectivity index (χ0n) is 10.3. The van der Waals surface area contributed by atoms with Crippen LogP contribution in [-0.4, -0.2) is 16.6 Å². The third kappa shape index (κ3) is 2.30. The summed E-state index contributed by atoms with van der Waals surface area (Å²) in [5, 5.41) is 9.08. The molecule has 4 nitrogen and oxygen atoms in total. The van der Waals surface area contributed by atoms with E-state index >= 15 is 0 Å². The van der Waals surface area contributed by atoms with Gasteiger partial charge in [0.05, 0.1) is 12.3 Å². The molecule has 4 heteroatoms. The minimum atomic E-state index is 0.353. The van der Waals surface area contributed by atoms with Crippen molar-refractivity contribution in [1.82, 2.24) is 9.97 Å². The minimum Gasteiger partial charge on any atom is -0.477 e. The molecule has 1 aromatic heterocycles. The van der Waals surface area contributed by atoms with E-state index in [0.717, 1.165) is 5.56 Å². The molecule has 1 aromatic carbocycles. The van der Waals surface area contributed by atoms with Crippen LogP contribution in [0.5, 0.6) is 5.88 Å². The topological polar surface area (TPSA) is 58.8 Å². The van der Waals surface area contributed by atoms with E-state index in [-0.39, 0.29) is 0 Å². The van der Waals surface area contributed by atoms with E-state index in [1.54, 1.807) is 6.92 Å². The summed E-state index contributed by atoms with van der Waals surface area (Å²) in [6, 6.07) is 11.7. The average molecular weight is 239 g/mol. The molecule has 0 spiro atoms. The van der Waals surface area contributed by atoms with E-state index < -0.39 is 0 Å². The molecule has 90 valence electrons. The van der Waals surface area contributed by atoms with Gasteiger partial charge in [-0.05, 0) is 13.8 Å². The van der Waals surface area contributed by atoms with Crippen molar-refractivity contribution >= 4 is 0 Å². The normalized spacial score (nSPS) is 9.83. The van der Waals surface area contributed by atoms with E-state index in [1.807, 2.05) is 37.3 Å². The molecule has 2 rings (SSSR count). The van der Waals surface area contributed by atoms with Gasteiger partial charge in [-0.25, -0.2) is 4.98 Å². The average Bonchev–Trinajstić information content (AvgIpc) is 2.40. The maximum Gasteiger partial charge on any atom is 0.235 e. The van der Waals surface area contributed by atoms with Crippen molar-refractivity contribution in [2.45, 2.75) is 13.8 Å². The lowest BCUT2D eigenvalue weighted by Crippen LogP contribution is -2.03. The first-order valence-corrected chi connectivity index (χ1v) is 5.73. The van der Waals surface area contributed by atoms with Crippen molar-refractivity contribution in [2.75, 3.05) is 6.61 Å². The second kappa shape index (κ2) is 5.28. The second-order valence-electron chi connectivity index (χ2n) is 3.72. The van der Waals surface area contributed by atoms with Crippen LogP contribution in [0.25, 0.3) is 11.4 Å². The molecule has 0 aliphatic carbocycles. The third-order valence-corrected chi connectivity index (χ3v) is 2.48. The van der Waals surface area contributed by atoms with Gasteiger partial charge in [0.2, 0.25) is 5.88 Å². The summed E-state index contributed by atoms with van der Waals surface area (Å²) < 4.78 is 5.40. The zero-order chi connectivity index (χ0) is 13.0. The summed E-state index contributed by atoms with van der Waals surface area (Å²) in [5.41, 5.74) is 1.94. The number of aromatic nitrogens is 2. The molecule has 18 heavy (non-hydrogen) atoms. The molecule has 0 radical (unpaired) electrons. The SMILES string of the molecule is CCOc1nc(-c2ccccc2)nc(C)c1C#N. The fourth-order valence-corrected chi connectivity index (χ4v) is 1.63. The van der Waals surface area contributed by atoms with Crippen LogP contribution in [0.1, 0.15) is 18.2 Å². The maximum atomic E-state index is 9.08. The highest BCUT2D eigenvalue weighted by Gasteiger charge is 2.13. The van der Waals surface area contributed by atoms with E-state index in [1.165, 1.54) is 0 Å². The van der Waals surface area contributed by atoms with Crippen LogP contribution < -0.4 is 4.74 Å². The predicted molar refractivity (Wildman–Crippen MR) is 68.1 cm³/mol. The van der Waals surface area contributed by atoms with Crippen molar-refractivity contribution in [3.8, 4) is 23.3 Å². The Morgan fingerprint density at radius 3 is 2.56 bits per heavy atom. The first kappa shape index (κ1) is 12.1. The number of hydrogen-bond acceptors (Lipinski definition) is 4. The lowest BCUT2D eigenvalue weighted by molar-refractivity contribution is 0.325. The molecule has 0 fully saturated rings. The first-order chi connectivity index (χ1) is 8.76. The zero-order valence-corrected chi connectivity index (χ0v) is 10.3. The lowest BCUT2D eigenvalue weighted by Gasteiger charge is -2.08. The number of benzene rings is 1. The third-order valence-electron chi connectivity index (χ3n) is 2.48. The molecule has 0 unspecified atom stereocenters. The van der Waals surface area contributed by atoms with Gasteiger partial charge < -0.3 is 4.74 Å². The largest absolute Gasteiger partial charge is 0.477 e. The van der Waals surface area contributed by atoms with Crippen LogP contribution in [0.4, 0.5) is 0 Å². The molecule has 0 amide bonds. The fraction of sp³-hybridized carbons (Fsp3) is 0.214. The second-order valence-corrected chi connectivity index (χ2v) is 3.72. The van der Waals surface area contributed by atoms with Crippen molar-refractivity contribution in [3.05, 3.63) is 41.6 Å². The van der Waals surface area contributed by atoms with Gasteiger partial charge in [0.15, 0.2) is 5.82 Å². The van der Waals surface area contributed by atoms with E-state index in [0.29, 0.717) is 29.6 Å². The summed E-state index contributed by atoms with van der Waals surface area (Å²) in [7, 11) is 0. The number of nitrogens with zero attached hydrogens (tertiary/aromatic N) is 3. The molecule has 0 aliphatic heterocycles. The number of hydrogen-bond donors (Lipinski definition) is 0. The van der Waals surface area contributed by atoms with Gasteiger partial charge in [0.25, 0.3) is 0 Å². The predicted octanol–water partition coefficient (Wildman–Crippen LogP) is 2.72. The lowest BCUT2D eigenvalue weighted by atomic mass is 10.2. The Morgan fingerprint density at radius 1 is 1.22 bits per heavy atom. The van der Waals surface area contributed by atoms with Crippen molar-refractivity contribution in [1.29, 1.82) is 5.26 Å². The molecule has 0 aliphatic rings. The molecule has 0 saturated carbocycles. The van der Waals surface area contributed by atoms with E-state index in [2.05, 4.69) is 16.0 Å². The summed E-state index contributed by atoms with van der Waals surface area (Å²) >= 11 is 0. The van der Waals surface area contributed by atoms with Crippen molar-refractivity contribution in [2.24, 2.45) is 0 Å². The van der Waals surface area contributed by atoms with Gasteiger partial charge in [0, 0.05) is 5.56 Å². The molecule has 1 heterocycles. The van der Waals surface area contributed by atoms with E-state index in [9.17, 15) is 0 Å². The Bertz CT molecular complexity index is 588. The number of ether oxygens (including phenoxy) is 1. The highest BCUT2D eigenvalue weighted by atomic mass is 16.5. The standard InChI is InChI=1S/C14H13N3O/c1-3-18-14-12(9-15)10(2)16-13(17-14)11-7-5-4-6-8-11/h4-8H,3H2,1-2H3. The van der Waals surface area contributed by atoms with Crippen molar-refractivity contribution < 1.29 is 4.74 Å². The fourth-order valence-electron chi connectivity index (χ4n) is 1.63. The Morgan fingerprint density at radius 2 is 1.94 bits per heavy atom. The molecular weight excluding hydrogens is 226 g/mol. The van der Waals surface area contributed by atoms with Gasteiger partial charge >= 0.3 is 0 Å². The Balaban J connectivity index is 2.55. The molecule has 0 N–H and O–H groups in total. The van der Waals surface area contributed by atoms with E-state index in [4.69, 9.17) is 10.00 Å². The molecule has 2 aromatic rings. The van der Waals surface area contributed by atoms with Crippen LogP contribution in [0.3, 0.4) is 0 Å². The molecule has 0 saturated heterocycles. The van der Waals surface area contributed by atoms with Gasteiger partial charge in [-0.15, -0.1) is 0 Å². The van der Waals surface area contributed by atoms with Crippen LogP contribution in [0, 0.1) is 18.3 Å². The summed E-state index contributed by atoms with van der Waals surface area (Å²) in [6.07, 6.45) is 0. The highest BCUT2D eigenvalue weighted by molar-refractivity contribution is 5.57. The molecule has 0 atom stereocenters. The van der Waals surface area contributed by atoms with Gasteiger partial charge in [-0.1, -0.05) is 30.3 Å². The summed E-state index contributed by atoms with van der Waals surface area (Å²) in [6.45, 7) is 4.12. The number of aryl methyl sites for hydroxylation is 1. The Kier molecular flexibility index (Phi) is 3.54. The first-order valence-electron chi connectivity index (χ1n) is 5.73. The van der Waals surface area contributed by atoms with Crippen molar-refractivity contribution in [3.63, 3.8) is 0 Å². The number of nitriles is 1. The summed E-state index contributed by atoms with van der Waals surface area (Å²) in [4.78, 5) is 8.65. The Labute approximate surface area is 106 Å². The maximum absolute atomic E-state index is 9.08. The smallest absolute Gasteiger partial charge is 0.235 e.